The molecule has 1 heterocycles. The number of amides is 2. The average molecular weight is 382 g/mol. The van der Waals surface area contributed by atoms with Crippen LogP contribution < -0.4 is 5.73 Å². The highest BCUT2D eigenvalue weighted by Gasteiger charge is 2.38. The largest absolute Gasteiger partial charge is 0.339 e. The van der Waals surface area contributed by atoms with E-state index < -0.39 is 5.41 Å². The van der Waals surface area contributed by atoms with Gasteiger partial charge in [0.15, 0.2) is 0 Å². The van der Waals surface area contributed by atoms with Crippen molar-refractivity contribution in [2.45, 2.75) is 40.0 Å². The lowest BCUT2D eigenvalue weighted by Gasteiger charge is -2.40. The first-order valence-electron chi connectivity index (χ1n) is 9.39. The summed E-state index contributed by atoms with van der Waals surface area (Å²) < 4.78 is 0. The highest BCUT2D eigenvalue weighted by molar-refractivity contribution is 5.94. The summed E-state index contributed by atoms with van der Waals surface area (Å²) in [5.74, 6) is 0.185. The standard InChI is InChI=1S/C20H31N3O2.ClH/c1-4-16-7-9-17(10-8-16)18(24)22-11-13-23(14-12-22)19(25)20(5-2,6-3)15-21;/h7-10H,4-6,11-15,21H2,1-3H3;1H. The van der Waals surface area contributed by atoms with Gasteiger partial charge in [-0.3, -0.25) is 9.59 Å². The predicted molar refractivity (Wildman–Crippen MR) is 108 cm³/mol. The Morgan fingerprint density at radius 2 is 1.46 bits per heavy atom. The zero-order chi connectivity index (χ0) is 18.4. The molecule has 1 aromatic carbocycles. The van der Waals surface area contributed by atoms with E-state index in [-0.39, 0.29) is 24.2 Å². The van der Waals surface area contributed by atoms with Gasteiger partial charge in [-0.2, -0.15) is 0 Å². The first kappa shape index (κ1) is 22.5. The Balaban J connectivity index is 0.00000338. The van der Waals surface area contributed by atoms with Crippen molar-refractivity contribution in [1.82, 2.24) is 9.80 Å². The third kappa shape index (κ3) is 4.57. The van der Waals surface area contributed by atoms with E-state index in [1.807, 2.05) is 47.9 Å². The number of hydrogen-bond donors (Lipinski definition) is 1. The summed E-state index contributed by atoms with van der Waals surface area (Å²) in [7, 11) is 0. The van der Waals surface area contributed by atoms with E-state index in [9.17, 15) is 9.59 Å². The summed E-state index contributed by atoms with van der Waals surface area (Å²) in [5.41, 5.74) is 7.39. The molecule has 1 aliphatic heterocycles. The Morgan fingerprint density at radius 1 is 0.962 bits per heavy atom. The van der Waals surface area contributed by atoms with Gasteiger partial charge in [0.05, 0.1) is 5.41 Å². The lowest BCUT2D eigenvalue weighted by atomic mass is 9.81. The lowest BCUT2D eigenvalue weighted by molar-refractivity contribution is -0.143. The summed E-state index contributed by atoms with van der Waals surface area (Å²) in [5, 5.41) is 0. The Hall–Kier alpha value is -1.59. The molecule has 0 bridgehead atoms. The third-order valence-corrected chi connectivity index (χ3v) is 5.66. The Kier molecular flexibility index (Phi) is 8.57. The predicted octanol–water partition coefficient (Wildman–Crippen LogP) is 2.72. The van der Waals surface area contributed by atoms with Crippen LogP contribution >= 0.6 is 12.4 Å². The molecule has 0 unspecified atom stereocenters. The number of nitrogens with zero attached hydrogens (tertiary/aromatic N) is 2. The van der Waals surface area contributed by atoms with E-state index in [1.54, 1.807) is 0 Å². The minimum absolute atomic E-state index is 0. The van der Waals surface area contributed by atoms with E-state index in [4.69, 9.17) is 5.73 Å². The molecule has 5 nitrogen and oxygen atoms in total. The van der Waals surface area contributed by atoms with Crippen LogP contribution in [0.15, 0.2) is 24.3 Å². The fraction of sp³-hybridized carbons (Fsp3) is 0.600. The molecule has 0 atom stereocenters. The van der Waals surface area contributed by atoms with Crippen LogP contribution in [0.3, 0.4) is 0 Å². The number of halogens is 1. The maximum Gasteiger partial charge on any atom is 0.253 e. The van der Waals surface area contributed by atoms with Crippen LogP contribution in [-0.2, 0) is 11.2 Å². The number of piperazine rings is 1. The molecular weight excluding hydrogens is 350 g/mol. The highest BCUT2D eigenvalue weighted by atomic mass is 35.5. The molecule has 1 fully saturated rings. The normalized spacial score (nSPS) is 14.8. The molecular formula is C20H32ClN3O2. The van der Waals surface area contributed by atoms with Crippen molar-refractivity contribution >= 4 is 24.2 Å². The second-order valence-corrected chi connectivity index (χ2v) is 6.83. The maximum absolute atomic E-state index is 12.9. The summed E-state index contributed by atoms with van der Waals surface area (Å²) in [6, 6.07) is 7.80. The van der Waals surface area contributed by atoms with Crippen molar-refractivity contribution in [2.24, 2.45) is 11.1 Å². The summed E-state index contributed by atoms with van der Waals surface area (Å²) in [6.45, 7) is 8.84. The van der Waals surface area contributed by atoms with Crippen LogP contribution in [0, 0.1) is 5.41 Å². The molecule has 6 heteroatoms. The van der Waals surface area contributed by atoms with Gasteiger partial charge in [-0.05, 0) is 37.0 Å². The summed E-state index contributed by atoms with van der Waals surface area (Å²) >= 11 is 0. The molecule has 146 valence electrons. The summed E-state index contributed by atoms with van der Waals surface area (Å²) in [4.78, 5) is 29.2. The first-order chi connectivity index (χ1) is 12.0. The molecule has 1 saturated heterocycles. The van der Waals surface area contributed by atoms with Gasteiger partial charge in [0, 0.05) is 38.3 Å². The molecule has 1 aliphatic rings. The van der Waals surface area contributed by atoms with E-state index in [0.717, 1.165) is 24.8 Å². The fourth-order valence-corrected chi connectivity index (χ4v) is 3.44. The molecule has 0 saturated carbocycles. The Morgan fingerprint density at radius 3 is 1.88 bits per heavy atom. The Bertz CT molecular complexity index is 583. The maximum atomic E-state index is 12.9. The SMILES string of the molecule is CCc1ccc(C(=O)N2CCN(C(=O)C(CC)(CC)CN)CC2)cc1.Cl. The van der Waals surface area contributed by atoms with E-state index >= 15 is 0 Å². The van der Waals surface area contributed by atoms with E-state index in [1.165, 1.54) is 5.56 Å². The molecule has 2 rings (SSSR count). The van der Waals surface area contributed by atoms with Gasteiger partial charge in [0.25, 0.3) is 5.91 Å². The molecule has 0 spiro atoms. The number of carbonyl (C=O) groups excluding carboxylic acids is 2. The van der Waals surface area contributed by atoms with Gasteiger partial charge in [0.2, 0.25) is 5.91 Å². The van der Waals surface area contributed by atoms with E-state index in [2.05, 4.69) is 6.92 Å². The van der Waals surface area contributed by atoms with Gasteiger partial charge in [-0.1, -0.05) is 32.9 Å². The number of carbonyl (C=O) groups is 2. The molecule has 2 N–H and O–H groups in total. The van der Waals surface area contributed by atoms with Crippen molar-refractivity contribution < 1.29 is 9.59 Å². The zero-order valence-electron chi connectivity index (χ0n) is 16.2. The first-order valence-corrected chi connectivity index (χ1v) is 9.39. The van der Waals surface area contributed by atoms with Gasteiger partial charge >= 0.3 is 0 Å². The van der Waals surface area contributed by atoms with E-state index in [0.29, 0.717) is 32.7 Å². The van der Waals surface area contributed by atoms with Crippen LogP contribution in [0.2, 0.25) is 0 Å². The van der Waals surface area contributed by atoms with Crippen LogP contribution in [-0.4, -0.2) is 54.3 Å². The minimum Gasteiger partial charge on any atom is -0.339 e. The van der Waals surface area contributed by atoms with Gasteiger partial charge < -0.3 is 15.5 Å². The number of aryl methyl sites for hydroxylation is 1. The smallest absolute Gasteiger partial charge is 0.253 e. The quantitative estimate of drug-likeness (QED) is 0.823. The number of nitrogens with two attached hydrogens (primary N) is 1. The molecule has 2 amide bonds. The minimum atomic E-state index is -0.456. The van der Waals surface area contributed by atoms with Gasteiger partial charge in [-0.15, -0.1) is 12.4 Å². The number of benzene rings is 1. The molecule has 1 aromatic rings. The van der Waals surface area contributed by atoms with Gasteiger partial charge in [-0.25, -0.2) is 0 Å². The molecule has 0 aliphatic carbocycles. The fourth-order valence-electron chi connectivity index (χ4n) is 3.44. The van der Waals surface area contributed by atoms with Crippen LogP contribution in [0.4, 0.5) is 0 Å². The monoisotopic (exact) mass is 381 g/mol. The molecule has 26 heavy (non-hydrogen) atoms. The average Bonchev–Trinajstić information content (AvgIpc) is 2.69. The third-order valence-electron chi connectivity index (χ3n) is 5.66. The molecule has 0 aromatic heterocycles. The number of rotatable bonds is 6. The topological polar surface area (TPSA) is 66.6 Å². The van der Waals surface area contributed by atoms with Crippen LogP contribution in [0.5, 0.6) is 0 Å². The van der Waals surface area contributed by atoms with Crippen molar-refractivity contribution in [2.75, 3.05) is 32.7 Å². The number of hydrogen-bond acceptors (Lipinski definition) is 3. The van der Waals surface area contributed by atoms with Crippen LogP contribution in [0.25, 0.3) is 0 Å². The van der Waals surface area contributed by atoms with Crippen molar-refractivity contribution in [3.05, 3.63) is 35.4 Å². The highest BCUT2D eigenvalue weighted by Crippen LogP contribution is 2.28. The van der Waals surface area contributed by atoms with Crippen molar-refractivity contribution in [3.8, 4) is 0 Å². The van der Waals surface area contributed by atoms with Gasteiger partial charge in [0.1, 0.15) is 0 Å². The lowest BCUT2D eigenvalue weighted by Crippen LogP contribution is -2.55. The summed E-state index contributed by atoms with van der Waals surface area (Å²) in [6.07, 6.45) is 2.47. The molecule has 0 radical (unpaired) electrons. The second kappa shape index (κ2) is 9.93. The van der Waals surface area contributed by atoms with Crippen molar-refractivity contribution in [3.63, 3.8) is 0 Å². The Labute approximate surface area is 163 Å². The second-order valence-electron chi connectivity index (χ2n) is 6.83. The zero-order valence-corrected chi connectivity index (χ0v) is 17.0. The van der Waals surface area contributed by atoms with Crippen molar-refractivity contribution in [1.29, 1.82) is 0 Å². The van der Waals surface area contributed by atoms with Crippen LogP contribution in [0.1, 0.15) is 49.5 Å².